The monoisotopic (exact) mass is 555 g/mol. The van der Waals surface area contributed by atoms with Crippen molar-refractivity contribution in [2.24, 2.45) is 5.41 Å². The molecule has 8 nitrogen and oxygen atoms in total. The van der Waals surface area contributed by atoms with Crippen molar-refractivity contribution >= 4 is 40.4 Å². The highest BCUT2D eigenvalue weighted by Gasteiger charge is 2.59. The summed E-state index contributed by atoms with van der Waals surface area (Å²) >= 11 is 13.1. The Morgan fingerprint density at radius 3 is 2.72 bits per heavy atom. The molecule has 1 spiro atoms. The number of thiazole rings is 1. The van der Waals surface area contributed by atoms with E-state index in [-0.39, 0.29) is 33.2 Å². The predicted molar refractivity (Wildman–Crippen MR) is 128 cm³/mol. The van der Waals surface area contributed by atoms with Gasteiger partial charge in [-0.05, 0) is 18.6 Å². The molecule has 6 rings (SSSR count). The van der Waals surface area contributed by atoms with Gasteiger partial charge in [0.25, 0.3) is 11.8 Å². The Hall–Kier alpha value is -2.18. The maximum Gasteiger partial charge on any atom is 0.349 e. The van der Waals surface area contributed by atoms with Gasteiger partial charge in [-0.2, -0.15) is 8.78 Å². The summed E-state index contributed by atoms with van der Waals surface area (Å²) in [6, 6.07) is 3.89. The minimum absolute atomic E-state index is 0.00555. The molecule has 36 heavy (non-hydrogen) atoms. The minimum atomic E-state index is -3.56. The number of benzene rings is 1. The molecular formula is C23H21Cl2F2N5O3S. The van der Waals surface area contributed by atoms with Gasteiger partial charge in [-0.25, -0.2) is 0 Å². The number of halogens is 4. The Kier molecular flexibility index (Phi) is 6.03. The highest BCUT2D eigenvalue weighted by Crippen LogP contribution is 2.51. The van der Waals surface area contributed by atoms with Crippen molar-refractivity contribution in [1.82, 2.24) is 25.0 Å². The van der Waals surface area contributed by atoms with Crippen molar-refractivity contribution in [1.29, 1.82) is 0 Å². The van der Waals surface area contributed by atoms with Crippen LogP contribution in [0.3, 0.4) is 0 Å². The van der Waals surface area contributed by atoms with E-state index in [4.69, 9.17) is 32.4 Å². The van der Waals surface area contributed by atoms with Gasteiger partial charge >= 0.3 is 5.92 Å². The molecule has 2 atom stereocenters. The summed E-state index contributed by atoms with van der Waals surface area (Å²) in [6.45, 7) is 3.55. The van der Waals surface area contributed by atoms with Gasteiger partial charge in [0.1, 0.15) is 4.88 Å². The zero-order valence-corrected chi connectivity index (χ0v) is 21.2. The molecule has 1 amide bonds. The summed E-state index contributed by atoms with van der Waals surface area (Å²) in [5.41, 5.74) is 0.842. The Morgan fingerprint density at radius 1 is 1.19 bits per heavy atom. The molecule has 1 aromatic carbocycles. The summed E-state index contributed by atoms with van der Waals surface area (Å²) in [6.07, 6.45) is 2.49. The van der Waals surface area contributed by atoms with Crippen LogP contribution in [0, 0.1) is 5.41 Å². The standard InChI is InChI=1S/C23H21Cl2F2N5O3S/c24-16-2-1-13(5-17(16)25)23(26,27)21-30-29-19(35-21)15-7-31(20(33)18-6-28-12-36-18)9-22(15)10-32(11-22)14-3-4-34-8-14/h1-2,5-6,12,14-15H,3-4,7-11H2. The second kappa shape index (κ2) is 8.98. The van der Waals surface area contributed by atoms with Crippen molar-refractivity contribution in [2.45, 2.75) is 24.3 Å². The van der Waals surface area contributed by atoms with Crippen LogP contribution in [-0.4, -0.2) is 76.3 Å². The summed E-state index contributed by atoms with van der Waals surface area (Å²) in [5, 5.41) is 7.93. The summed E-state index contributed by atoms with van der Waals surface area (Å²) in [7, 11) is 0. The summed E-state index contributed by atoms with van der Waals surface area (Å²) < 4.78 is 41.7. The van der Waals surface area contributed by atoms with E-state index in [1.165, 1.54) is 23.5 Å². The van der Waals surface area contributed by atoms with Crippen molar-refractivity contribution in [3.63, 3.8) is 0 Å². The van der Waals surface area contributed by atoms with Crippen LogP contribution in [-0.2, 0) is 10.7 Å². The van der Waals surface area contributed by atoms with E-state index >= 15 is 8.78 Å². The van der Waals surface area contributed by atoms with Gasteiger partial charge in [-0.15, -0.1) is 21.5 Å². The van der Waals surface area contributed by atoms with E-state index in [1.54, 1.807) is 16.6 Å². The fourth-order valence-electron chi connectivity index (χ4n) is 5.41. The lowest BCUT2D eigenvalue weighted by Gasteiger charge is -2.52. The van der Waals surface area contributed by atoms with Gasteiger partial charge in [-0.3, -0.25) is 14.7 Å². The largest absolute Gasteiger partial charge is 0.419 e. The average molecular weight is 556 g/mol. The van der Waals surface area contributed by atoms with Crippen LogP contribution in [0.25, 0.3) is 0 Å². The van der Waals surface area contributed by atoms with Gasteiger partial charge in [-0.1, -0.05) is 29.3 Å². The van der Waals surface area contributed by atoms with Crippen LogP contribution in [0.2, 0.25) is 10.0 Å². The highest BCUT2D eigenvalue weighted by molar-refractivity contribution is 7.11. The smallest absolute Gasteiger partial charge is 0.349 e. The van der Waals surface area contributed by atoms with Crippen LogP contribution < -0.4 is 0 Å². The van der Waals surface area contributed by atoms with Crippen LogP contribution in [0.15, 0.2) is 34.3 Å². The number of hydrogen-bond donors (Lipinski definition) is 0. The predicted octanol–water partition coefficient (Wildman–Crippen LogP) is 4.30. The Labute approximate surface area is 219 Å². The average Bonchev–Trinajstić information content (AvgIpc) is 3.64. The van der Waals surface area contributed by atoms with Gasteiger partial charge < -0.3 is 14.1 Å². The first kappa shape index (κ1) is 24.2. The van der Waals surface area contributed by atoms with Crippen molar-refractivity contribution in [2.75, 3.05) is 39.4 Å². The lowest BCUT2D eigenvalue weighted by Crippen LogP contribution is -2.63. The van der Waals surface area contributed by atoms with Gasteiger partial charge in [0.05, 0.1) is 34.3 Å². The molecule has 0 bridgehead atoms. The molecule has 0 aliphatic carbocycles. The van der Waals surface area contributed by atoms with Crippen LogP contribution >= 0.6 is 34.5 Å². The SMILES string of the molecule is O=C(c1cncs1)N1CC(c2nnc(C(F)(F)c3ccc(Cl)c(Cl)c3)o2)C2(C1)CN(C1CCOC1)C2. The maximum absolute atomic E-state index is 15.3. The number of carbonyl (C=O) groups excluding carboxylic acids is 1. The third-order valence-electron chi connectivity index (χ3n) is 7.33. The number of aromatic nitrogens is 3. The van der Waals surface area contributed by atoms with Gasteiger partial charge in [0.15, 0.2) is 0 Å². The van der Waals surface area contributed by atoms with E-state index in [0.717, 1.165) is 19.1 Å². The van der Waals surface area contributed by atoms with E-state index < -0.39 is 17.4 Å². The summed E-state index contributed by atoms with van der Waals surface area (Å²) in [4.78, 5) is 21.7. The first-order valence-corrected chi connectivity index (χ1v) is 13.1. The number of alkyl halides is 2. The number of ether oxygens (including phenoxy) is 1. The Balaban J connectivity index is 1.28. The topological polar surface area (TPSA) is 84.6 Å². The first-order valence-electron chi connectivity index (χ1n) is 11.4. The fourth-order valence-corrected chi connectivity index (χ4v) is 6.29. The number of amides is 1. The summed E-state index contributed by atoms with van der Waals surface area (Å²) in [5.74, 6) is -4.79. The van der Waals surface area contributed by atoms with Crippen LogP contribution in [0.1, 0.15) is 39.4 Å². The lowest BCUT2D eigenvalue weighted by molar-refractivity contribution is -0.0399. The number of carbonyl (C=O) groups is 1. The molecule has 3 saturated heterocycles. The molecular weight excluding hydrogens is 535 g/mol. The molecule has 5 heterocycles. The molecule has 0 N–H and O–H groups in total. The number of rotatable bonds is 5. The van der Waals surface area contributed by atoms with E-state index in [1.807, 2.05) is 0 Å². The van der Waals surface area contributed by atoms with E-state index in [0.29, 0.717) is 43.7 Å². The van der Waals surface area contributed by atoms with Gasteiger partial charge in [0, 0.05) is 49.8 Å². The zero-order valence-electron chi connectivity index (χ0n) is 18.9. The Bertz CT molecular complexity index is 1280. The molecule has 0 saturated carbocycles. The third kappa shape index (κ3) is 4.01. The van der Waals surface area contributed by atoms with Crippen molar-refractivity contribution in [3.05, 3.63) is 62.2 Å². The first-order chi connectivity index (χ1) is 17.3. The molecule has 3 aliphatic rings. The number of nitrogens with zero attached hydrogens (tertiary/aromatic N) is 5. The third-order valence-corrected chi connectivity index (χ3v) is 8.83. The number of hydrogen-bond acceptors (Lipinski definition) is 8. The Morgan fingerprint density at radius 2 is 2.03 bits per heavy atom. The van der Waals surface area contributed by atoms with Gasteiger partial charge in [0.2, 0.25) is 5.89 Å². The van der Waals surface area contributed by atoms with Crippen molar-refractivity contribution in [3.8, 4) is 0 Å². The molecule has 13 heteroatoms. The maximum atomic E-state index is 15.3. The van der Waals surface area contributed by atoms with E-state index in [2.05, 4.69) is 20.1 Å². The zero-order chi connectivity index (χ0) is 25.1. The van der Waals surface area contributed by atoms with Crippen LogP contribution in [0.5, 0.6) is 0 Å². The molecule has 0 radical (unpaired) electrons. The second-order valence-electron chi connectivity index (χ2n) is 9.54. The van der Waals surface area contributed by atoms with Crippen LogP contribution in [0.4, 0.5) is 8.78 Å². The minimum Gasteiger partial charge on any atom is -0.419 e. The van der Waals surface area contributed by atoms with E-state index in [9.17, 15) is 4.79 Å². The fraction of sp³-hybridized carbons (Fsp3) is 0.478. The molecule has 190 valence electrons. The molecule has 3 aliphatic heterocycles. The molecule has 3 aromatic rings. The quantitative estimate of drug-likeness (QED) is 0.464. The molecule has 2 unspecified atom stereocenters. The highest BCUT2D eigenvalue weighted by atomic mass is 35.5. The second-order valence-corrected chi connectivity index (χ2v) is 11.2. The van der Waals surface area contributed by atoms with Crippen molar-refractivity contribution < 1.29 is 22.7 Å². The normalized spacial score (nSPS) is 23.9. The molecule has 2 aromatic heterocycles. The number of likely N-dealkylation sites (tertiary alicyclic amines) is 2. The molecule has 3 fully saturated rings. The lowest BCUT2D eigenvalue weighted by atomic mass is 9.70.